The van der Waals surface area contributed by atoms with Gasteiger partial charge in [-0.3, -0.25) is 0 Å². The van der Waals surface area contributed by atoms with Crippen LogP contribution < -0.4 is 5.32 Å². The molecule has 0 aliphatic heterocycles. The van der Waals surface area contributed by atoms with E-state index >= 15 is 0 Å². The van der Waals surface area contributed by atoms with Gasteiger partial charge in [-0.05, 0) is 64.9 Å². The van der Waals surface area contributed by atoms with Gasteiger partial charge in [-0.1, -0.05) is 50.6 Å². The number of nitrogens with one attached hydrogen (secondary N) is 1. The van der Waals surface area contributed by atoms with Crippen molar-refractivity contribution in [2.24, 2.45) is 11.8 Å². The Hall–Kier alpha value is -2.12. The van der Waals surface area contributed by atoms with Gasteiger partial charge in [0.1, 0.15) is 11.6 Å². The Morgan fingerprint density at radius 3 is 2.15 bits per heavy atom. The van der Waals surface area contributed by atoms with Gasteiger partial charge in [0.05, 0.1) is 18.8 Å². The fourth-order valence-electron chi connectivity index (χ4n) is 3.69. The van der Waals surface area contributed by atoms with E-state index in [9.17, 15) is 19.8 Å². The van der Waals surface area contributed by atoms with Gasteiger partial charge in [0, 0.05) is 5.92 Å². The number of benzene rings is 1. The van der Waals surface area contributed by atoms with E-state index < -0.39 is 29.8 Å². The van der Waals surface area contributed by atoms with Crippen LogP contribution in [0.3, 0.4) is 0 Å². The number of carbonyl (C=O) groups is 2. The molecule has 1 aromatic carbocycles. The smallest absolute Gasteiger partial charge is 0.408 e. The van der Waals surface area contributed by atoms with Crippen LogP contribution in [0, 0.1) is 11.8 Å². The van der Waals surface area contributed by atoms with E-state index in [-0.39, 0.29) is 18.4 Å². The average Bonchev–Trinajstić information content (AvgIpc) is 2.69. The third kappa shape index (κ3) is 12.6. The number of carbonyl (C=O) groups excluding carboxylic acids is 1. The zero-order valence-electron chi connectivity index (χ0n) is 21.0. The summed E-state index contributed by atoms with van der Waals surface area (Å²) in [6, 6.07) is 8.81. The predicted molar refractivity (Wildman–Crippen MR) is 129 cm³/mol. The Bertz CT molecular complexity index is 698. The number of carboxylic acid groups (broad SMARTS) is 1. The molecule has 0 fully saturated rings. The number of aliphatic hydroxyl groups excluding tert-OH is 1. The summed E-state index contributed by atoms with van der Waals surface area (Å²) in [7, 11) is 0. The molecule has 7 heteroatoms. The number of rotatable bonds is 14. The van der Waals surface area contributed by atoms with Crippen molar-refractivity contribution in [2.75, 3.05) is 0 Å². The van der Waals surface area contributed by atoms with E-state index in [4.69, 9.17) is 9.47 Å². The molecule has 0 aromatic heterocycles. The van der Waals surface area contributed by atoms with Gasteiger partial charge in [0.2, 0.25) is 0 Å². The van der Waals surface area contributed by atoms with Crippen LogP contribution in [0.5, 0.6) is 0 Å². The molecule has 0 heterocycles. The van der Waals surface area contributed by atoms with Crippen LogP contribution in [0.1, 0.15) is 79.2 Å². The fourth-order valence-corrected chi connectivity index (χ4v) is 3.69. The molecule has 0 unspecified atom stereocenters. The molecule has 0 saturated heterocycles. The van der Waals surface area contributed by atoms with E-state index in [0.717, 1.165) is 18.4 Å². The number of aliphatic carboxylic acids is 1. The topological polar surface area (TPSA) is 105 Å². The van der Waals surface area contributed by atoms with Crippen molar-refractivity contribution >= 4 is 12.1 Å². The second-order valence-electron chi connectivity index (χ2n) is 10.2. The molecule has 188 valence electrons. The maximum Gasteiger partial charge on any atom is 0.408 e. The monoisotopic (exact) mass is 465 g/mol. The molecular weight excluding hydrogens is 422 g/mol. The Morgan fingerprint density at radius 1 is 1.00 bits per heavy atom. The summed E-state index contributed by atoms with van der Waals surface area (Å²) in [4.78, 5) is 23.7. The summed E-state index contributed by atoms with van der Waals surface area (Å²) in [6.45, 7) is 11.7. The molecule has 0 aliphatic rings. The number of aliphatic hydroxyl groups is 1. The number of carboxylic acids is 1. The van der Waals surface area contributed by atoms with Gasteiger partial charge >= 0.3 is 12.1 Å². The molecule has 1 rings (SSSR count). The summed E-state index contributed by atoms with van der Waals surface area (Å²) < 4.78 is 11.4. The van der Waals surface area contributed by atoms with Crippen LogP contribution in [0.25, 0.3) is 0 Å². The number of ether oxygens (including phenoxy) is 2. The van der Waals surface area contributed by atoms with Gasteiger partial charge in [0.25, 0.3) is 0 Å². The summed E-state index contributed by atoms with van der Waals surface area (Å²) in [5, 5.41) is 22.5. The number of hydrogen-bond donors (Lipinski definition) is 3. The van der Waals surface area contributed by atoms with Crippen LogP contribution in [0.2, 0.25) is 0 Å². The van der Waals surface area contributed by atoms with Crippen molar-refractivity contribution in [3.8, 4) is 0 Å². The minimum Gasteiger partial charge on any atom is -0.480 e. The fraction of sp³-hybridized carbons (Fsp3) is 0.692. The zero-order chi connectivity index (χ0) is 25.0. The molecule has 0 bridgehead atoms. The highest BCUT2D eigenvalue weighted by Gasteiger charge is 2.28. The summed E-state index contributed by atoms with van der Waals surface area (Å²) in [5.74, 6) is -0.650. The van der Waals surface area contributed by atoms with E-state index in [0.29, 0.717) is 25.4 Å². The summed E-state index contributed by atoms with van der Waals surface area (Å²) in [6.07, 6.45) is 1.64. The van der Waals surface area contributed by atoms with Crippen LogP contribution in [-0.2, 0) is 20.9 Å². The summed E-state index contributed by atoms with van der Waals surface area (Å²) in [5.41, 5.74) is 0.343. The van der Waals surface area contributed by atoms with Crippen molar-refractivity contribution in [1.29, 1.82) is 0 Å². The van der Waals surface area contributed by atoms with E-state index in [2.05, 4.69) is 19.2 Å². The number of amides is 1. The summed E-state index contributed by atoms with van der Waals surface area (Å²) >= 11 is 0. The average molecular weight is 466 g/mol. The maximum atomic E-state index is 12.0. The molecule has 0 aliphatic carbocycles. The molecule has 7 nitrogen and oxygen atoms in total. The van der Waals surface area contributed by atoms with Crippen LogP contribution in [-0.4, -0.2) is 46.1 Å². The first-order chi connectivity index (χ1) is 15.4. The van der Waals surface area contributed by atoms with Crippen molar-refractivity contribution in [3.63, 3.8) is 0 Å². The number of alkyl carbamates (subject to hydrolysis) is 1. The molecule has 0 radical (unpaired) electrons. The molecule has 4 atom stereocenters. The molecule has 0 spiro atoms. The second-order valence-corrected chi connectivity index (χ2v) is 10.2. The Kier molecular flexibility index (Phi) is 12.4. The van der Waals surface area contributed by atoms with Gasteiger partial charge in [-0.25, -0.2) is 9.59 Å². The largest absolute Gasteiger partial charge is 0.480 e. The Balaban J connectivity index is 2.80. The van der Waals surface area contributed by atoms with E-state index in [1.807, 2.05) is 30.3 Å². The molecule has 3 N–H and O–H groups in total. The quantitative estimate of drug-likeness (QED) is 0.351. The first-order valence-corrected chi connectivity index (χ1v) is 11.9. The van der Waals surface area contributed by atoms with Gasteiger partial charge in [0.15, 0.2) is 0 Å². The molecule has 1 aromatic rings. The molecule has 1 amide bonds. The van der Waals surface area contributed by atoms with Gasteiger partial charge < -0.3 is 25.0 Å². The van der Waals surface area contributed by atoms with Crippen molar-refractivity contribution < 1.29 is 29.3 Å². The minimum atomic E-state index is -1.10. The third-order valence-electron chi connectivity index (χ3n) is 5.45. The van der Waals surface area contributed by atoms with Gasteiger partial charge in [-0.2, -0.15) is 0 Å². The normalized spacial score (nSPS) is 15.5. The lowest BCUT2D eigenvalue weighted by Crippen LogP contribution is -2.43. The highest BCUT2D eigenvalue weighted by Crippen LogP contribution is 2.26. The lowest BCUT2D eigenvalue weighted by atomic mass is 9.86. The standard InChI is InChI=1S/C26H43NO6/c1-18(2)15-16-21(19(3)28)23(32-17-20-11-8-7-9-12-20)14-10-13-22(24(29)30)27-25(31)33-26(4,5)6/h7-9,11-12,18-19,21-23,28H,10,13-17H2,1-6H3,(H,27,31)(H,29,30)/t19-,21-,22-,23-/m0/s1. The van der Waals surface area contributed by atoms with E-state index in [1.54, 1.807) is 27.7 Å². The minimum absolute atomic E-state index is 0.0572. The first-order valence-electron chi connectivity index (χ1n) is 11.9. The maximum absolute atomic E-state index is 12.0. The third-order valence-corrected chi connectivity index (χ3v) is 5.45. The molecular formula is C26H43NO6. The van der Waals surface area contributed by atoms with Crippen molar-refractivity contribution in [3.05, 3.63) is 35.9 Å². The SMILES string of the molecule is CC(C)CC[C@@H]([C@H](C)O)[C@H](CCC[C@H](NC(=O)OC(C)(C)C)C(=O)O)OCc1ccccc1. The molecule has 33 heavy (non-hydrogen) atoms. The first kappa shape index (κ1) is 28.9. The predicted octanol–water partition coefficient (Wildman–Crippen LogP) is 5.15. The molecule has 0 saturated carbocycles. The number of hydrogen-bond acceptors (Lipinski definition) is 5. The highest BCUT2D eigenvalue weighted by atomic mass is 16.6. The van der Waals surface area contributed by atoms with Crippen LogP contribution >= 0.6 is 0 Å². The van der Waals surface area contributed by atoms with Crippen molar-refractivity contribution in [1.82, 2.24) is 5.32 Å². The highest BCUT2D eigenvalue weighted by molar-refractivity contribution is 5.79. The van der Waals surface area contributed by atoms with Crippen LogP contribution in [0.4, 0.5) is 4.79 Å². The van der Waals surface area contributed by atoms with Crippen molar-refractivity contribution in [2.45, 2.75) is 104 Å². The van der Waals surface area contributed by atoms with E-state index in [1.165, 1.54) is 0 Å². The lowest BCUT2D eigenvalue weighted by molar-refractivity contribution is -0.139. The zero-order valence-corrected chi connectivity index (χ0v) is 21.0. The second kappa shape index (κ2) is 14.2. The van der Waals surface area contributed by atoms with Gasteiger partial charge in [-0.15, -0.1) is 0 Å². The lowest BCUT2D eigenvalue weighted by Gasteiger charge is -2.31. The van der Waals surface area contributed by atoms with Crippen LogP contribution in [0.15, 0.2) is 30.3 Å². The Morgan fingerprint density at radius 2 is 1.64 bits per heavy atom. The Labute approximate surface area is 198 Å².